The molecule has 1 N–H and O–H groups in total. The minimum Gasteiger partial charge on any atom is -0.491 e. The standard InChI is InChI=1S/C26H32N4O3S/c1-17-4-6-22-23(10-17)28-26(27-22)34-16-25(31)30-8-9-32-24-7-5-20(11-21(24)15-30)14-29-12-18(2)33-19(3)13-29/h4-7,10-11,18-19H,8-9,12-16H2,1-3H3,(H,27,28)/t18-,19+. The third-order valence-electron chi connectivity index (χ3n) is 6.31. The molecule has 0 saturated carbocycles. The fourth-order valence-corrected chi connectivity index (χ4v) is 5.61. The summed E-state index contributed by atoms with van der Waals surface area (Å²) in [4.78, 5) is 25.3. The molecular formula is C26H32N4O3S. The third-order valence-corrected chi connectivity index (χ3v) is 7.17. The number of benzene rings is 2. The number of rotatable bonds is 5. The van der Waals surface area contributed by atoms with E-state index < -0.39 is 0 Å². The number of aryl methyl sites for hydroxylation is 1. The van der Waals surface area contributed by atoms with Crippen molar-refractivity contribution in [2.75, 3.05) is 32.0 Å². The summed E-state index contributed by atoms with van der Waals surface area (Å²) in [7, 11) is 0. The maximum Gasteiger partial charge on any atom is 0.233 e. The Morgan fingerprint density at radius 3 is 2.82 bits per heavy atom. The molecule has 7 nitrogen and oxygen atoms in total. The number of nitrogens with zero attached hydrogens (tertiary/aromatic N) is 3. The number of H-pyrrole nitrogens is 1. The van der Waals surface area contributed by atoms with Gasteiger partial charge in [-0.15, -0.1) is 0 Å². The van der Waals surface area contributed by atoms with Gasteiger partial charge in [0.15, 0.2) is 5.16 Å². The van der Waals surface area contributed by atoms with E-state index in [1.165, 1.54) is 22.9 Å². The highest BCUT2D eigenvalue weighted by molar-refractivity contribution is 7.99. The number of thioether (sulfide) groups is 1. The zero-order valence-electron chi connectivity index (χ0n) is 20.0. The Bertz CT molecular complexity index is 1170. The van der Waals surface area contributed by atoms with Crippen LogP contribution in [0.15, 0.2) is 41.6 Å². The molecule has 180 valence electrons. The highest BCUT2D eigenvalue weighted by Gasteiger charge is 2.24. The molecular weight excluding hydrogens is 448 g/mol. The Labute approximate surface area is 204 Å². The summed E-state index contributed by atoms with van der Waals surface area (Å²) in [5.74, 6) is 1.32. The Kier molecular flexibility index (Phi) is 6.81. The Morgan fingerprint density at radius 2 is 2.00 bits per heavy atom. The Morgan fingerprint density at radius 1 is 1.18 bits per heavy atom. The van der Waals surface area contributed by atoms with Crippen molar-refractivity contribution in [2.24, 2.45) is 0 Å². The van der Waals surface area contributed by atoms with Crippen LogP contribution in [0.4, 0.5) is 0 Å². The average molecular weight is 481 g/mol. The van der Waals surface area contributed by atoms with Crippen LogP contribution in [0.2, 0.25) is 0 Å². The first-order valence-electron chi connectivity index (χ1n) is 11.9. The molecule has 0 aliphatic carbocycles. The molecule has 3 aromatic rings. The summed E-state index contributed by atoms with van der Waals surface area (Å²) in [6.45, 7) is 10.7. The summed E-state index contributed by atoms with van der Waals surface area (Å²) in [5.41, 5.74) is 5.42. The lowest BCUT2D eigenvalue weighted by atomic mass is 10.1. The molecule has 0 bridgehead atoms. The van der Waals surface area contributed by atoms with Crippen LogP contribution in [0, 0.1) is 6.92 Å². The van der Waals surface area contributed by atoms with Gasteiger partial charge in [0.05, 0.1) is 35.5 Å². The van der Waals surface area contributed by atoms with E-state index in [2.05, 4.69) is 59.9 Å². The summed E-state index contributed by atoms with van der Waals surface area (Å²) in [5, 5.41) is 0.775. The molecule has 3 heterocycles. The number of carbonyl (C=O) groups is 1. The van der Waals surface area contributed by atoms with Crippen molar-refractivity contribution in [3.8, 4) is 5.75 Å². The molecule has 1 fully saturated rings. The van der Waals surface area contributed by atoms with Crippen molar-refractivity contribution in [1.82, 2.24) is 19.8 Å². The molecule has 1 saturated heterocycles. The molecule has 2 aliphatic heterocycles. The molecule has 2 atom stereocenters. The number of carbonyl (C=O) groups excluding carboxylic acids is 1. The average Bonchev–Trinajstić information content (AvgIpc) is 3.06. The molecule has 5 rings (SSSR count). The first-order valence-corrected chi connectivity index (χ1v) is 12.9. The second-order valence-corrected chi connectivity index (χ2v) is 10.4. The molecule has 0 unspecified atom stereocenters. The largest absolute Gasteiger partial charge is 0.491 e. The van der Waals surface area contributed by atoms with Gasteiger partial charge in [0, 0.05) is 31.7 Å². The highest BCUT2D eigenvalue weighted by Crippen LogP contribution is 2.27. The maximum atomic E-state index is 13.1. The van der Waals surface area contributed by atoms with Crippen molar-refractivity contribution in [1.29, 1.82) is 0 Å². The molecule has 2 aliphatic rings. The first-order chi connectivity index (χ1) is 16.4. The highest BCUT2D eigenvalue weighted by atomic mass is 32.2. The lowest BCUT2D eigenvalue weighted by Gasteiger charge is -2.35. The number of hydrogen-bond donors (Lipinski definition) is 1. The minimum absolute atomic E-state index is 0.0966. The number of aromatic amines is 1. The summed E-state index contributed by atoms with van der Waals surface area (Å²) in [6, 6.07) is 12.5. The number of aromatic nitrogens is 2. The van der Waals surface area contributed by atoms with Crippen LogP contribution in [0.25, 0.3) is 11.0 Å². The van der Waals surface area contributed by atoms with Crippen LogP contribution in [-0.4, -0.2) is 69.9 Å². The lowest BCUT2D eigenvalue weighted by molar-refractivity contribution is -0.129. The van der Waals surface area contributed by atoms with Gasteiger partial charge in [-0.3, -0.25) is 9.69 Å². The zero-order valence-corrected chi connectivity index (χ0v) is 20.9. The van der Waals surface area contributed by atoms with E-state index >= 15 is 0 Å². The minimum atomic E-state index is 0.0966. The number of ether oxygens (including phenoxy) is 2. The quantitative estimate of drug-likeness (QED) is 0.557. The van der Waals surface area contributed by atoms with Gasteiger partial charge in [-0.2, -0.15) is 0 Å². The monoisotopic (exact) mass is 480 g/mol. The number of nitrogens with one attached hydrogen (secondary N) is 1. The summed E-state index contributed by atoms with van der Waals surface area (Å²) >= 11 is 1.45. The molecule has 2 aromatic carbocycles. The van der Waals surface area contributed by atoms with Crippen LogP contribution in [0.3, 0.4) is 0 Å². The van der Waals surface area contributed by atoms with Crippen LogP contribution in [-0.2, 0) is 22.6 Å². The van der Waals surface area contributed by atoms with Crippen molar-refractivity contribution in [3.05, 3.63) is 53.1 Å². The zero-order chi connectivity index (χ0) is 23.7. The predicted molar refractivity (Wildman–Crippen MR) is 134 cm³/mol. The van der Waals surface area contributed by atoms with E-state index in [0.29, 0.717) is 25.4 Å². The first kappa shape index (κ1) is 23.2. The summed E-state index contributed by atoms with van der Waals surface area (Å²) < 4.78 is 11.8. The van der Waals surface area contributed by atoms with E-state index in [1.807, 2.05) is 17.0 Å². The fourth-order valence-electron chi connectivity index (χ4n) is 4.82. The van der Waals surface area contributed by atoms with Crippen molar-refractivity contribution in [3.63, 3.8) is 0 Å². The van der Waals surface area contributed by atoms with Gasteiger partial charge in [-0.25, -0.2) is 4.98 Å². The van der Waals surface area contributed by atoms with E-state index in [1.54, 1.807) is 0 Å². The number of amides is 1. The van der Waals surface area contributed by atoms with Gasteiger partial charge in [0.2, 0.25) is 5.91 Å². The number of fused-ring (bicyclic) bond motifs is 2. The Balaban J connectivity index is 1.23. The SMILES string of the molecule is Cc1ccc2nc(SCC(=O)N3CCOc4ccc(CN5C[C@@H](C)O[C@@H](C)C5)cc4C3)[nH]c2c1. The smallest absolute Gasteiger partial charge is 0.233 e. The third kappa shape index (κ3) is 5.40. The normalized spacial score (nSPS) is 21.2. The number of morpholine rings is 1. The van der Waals surface area contributed by atoms with Crippen LogP contribution in [0.1, 0.15) is 30.5 Å². The van der Waals surface area contributed by atoms with Gasteiger partial charge in [-0.1, -0.05) is 23.9 Å². The van der Waals surface area contributed by atoms with E-state index in [0.717, 1.165) is 47.1 Å². The van der Waals surface area contributed by atoms with Crippen molar-refractivity contribution in [2.45, 2.75) is 51.2 Å². The number of imidazole rings is 1. The second kappa shape index (κ2) is 9.98. The summed E-state index contributed by atoms with van der Waals surface area (Å²) in [6.07, 6.45) is 0.489. The molecule has 0 radical (unpaired) electrons. The second-order valence-electron chi connectivity index (χ2n) is 9.41. The Hall–Kier alpha value is -2.55. The maximum absolute atomic E-state index is 13.1. The van der Waals surface area contributed by atoms with Gasteiger partial charge < -0.3 is 19.4 Å². The predicted octanol–water partition coefficient (Wildman–Crippen LogP) is 3.99. The van der Waals surface area contributed by atoms with Crippen LogP contribution in [0.5, 0.6) is 5.75 Å². The lowest BCUT2D eigenvalue weighted by Crippen LogP contribution is -2.44. The van der Waals surface area contributed by atoms with Gasteiger partial charge >= 0.3 is 0 Å². The van der Waals surface area contributed by atoms with Gasteiger partial charge in [-0.05, 0) is 56.2 Å². The molecule has 1 amide bonds. The van der Waals surface area contributed by atoms with Crippen molar-refractivity contribution < 1.29 is 14.3 Å². The van der Waals surface area contributed by atoms with E-state index in [4.69, 9.17) is 9.47 Å². The molecule has 0 spiro atoms. The molecule has 34 heavy (non-hydrogen) atoms. The van der Waals surface area contributed by atoms with Crippen LogP contribution >= 0.6 is 11.8 Å². The topological polar surface area (TPSA) is 70.7 Å². The molecule has 8 heteroatoms. The van der Waals surface area contributed by atoms with Gasteiger partial charge in [0.25, 0.3) is 0 Å². The van der Waals surface area contributed by atoms with Crippen LogP contribution < -0.4 is 4.74 Å². The van der Waals surface area contributed by atoms with E-state index in [9.17, 15) is 4.79 Å². The van der Waals surface area contributed by atoms with Gasteiger partial charge in [0.1, 0.15) is 12.4 Å². The number of hydrogen-bond acceptors (Lipinski definition) is 6. The van der Waals surface area contributed by atoms with E-state index in [-0.39, 0.29) is 18.1 Å². The van der Waals surface area contributed by atoms with Crippen molar-refractivity contribution >= 4 is 28.7 Å². The fraction of sp³-hybridized carbons (Fsp3) is 0.462. The molecule has 1 aromatic heterocycles.